The number of methoxy groups -OCH3 is 1. The average Bonchev–Trinajstić information content (AvgIpc) is 2.81. The number of benzene rings is 3. The lowest BCUT2D eigenvalue weighted by Gasteiger charge is -2.30. The maximum absolute atomic E-state index is 14.0. The van der Waals surface area contributed by atoms with Gasteiger partial charge in [-0.1, -0.05) is 30.3 Å². The highest BCUT2D eigenvalue weighted by Crippen LogP contribution is 2.31. The molecule has 0 unspecified atom stereocenters. The number of nitrogens with zero attached hydrogens (tertiary/aromatic N) is 1. The Kier molecular flexibility index (Phi) is 6.41. The minimum absolute atomic E-state index is 0.200. The Labute approximate surface area is 182 Å². The first-order valence-corrected chi connectivity index (χ1v) is 11.8. The van der Waals surface area contributed by atoms with Crippen LogP contribution in [0.1, 0.15) is 5.56 Å². The van der Waals surface area contributed by atoms with Crippen molar-refractivity contribution in [3.63, 3.8) is 0 Å². The zero-order valence-corrected chi connectivity index (χ0v) is 18.2. The van der Waals surface area contributed by atoms with Crippen LogP contribution in [0.4, 0.5) is 10.1 Å². The molecule has 164 valence electrons. The molecule has 3 aromatic rings. The van der Waals surface area contributed by atoms with Crippen LogP contribution >= 0.6 is 0 Å². The number of ether oxygens (including phenoxy) is 1. The van der Waals surface area contributed by atoms with Gasteiger partial charge in [-0.2, -0.15) is 0 Å². The highest BCUT2D eigenvalue weighted by Gasteiger charge is 2.20. The van der Waals surface area contributed by atoms with Crippen LogP contribution in [0.25, 0.3) is 10.8 Å². The third-order valence-electron chi connectivity index (χ3n) is 5.57. The molecule has 0 aromatic heterocycles. The van der Waals surface area contributed by atoms with Crippen LogP contribution in [0.15, 0.2) is 59.5 Å². The van der Waals surface area contributed by atoms with Crippen LogP contribution < -0.4 is 19.7 Å². The Bertz CT molecular complexity index is 1180. The summed E-state index contributed by atoms with van der Waals surface area (Å²) >= 11 is 0. The number of fused-ring (bicyclic) bond motifs is 1. The van der Waals surface area contributed by atoms with Gasteiger partial charge >= 0.3 is 0 Å². The first-order chi connectivity index (χ1) is 15.0. The SMILES string of the molecule is COc1ccc(S(=O)(=O)NCCc2ccc(F)c3ccccc23)cc1N1CCNCC1. The van der Waals surface area contributed by atoms with Gasteiger partial charge in [0, 0.05) is 38.1 Å². The Balaban J connectivity index is 1.51. The van der Waals surface area contributed by atoms with Gasteiger partial charge in [-0.05, 0) is 41.6 Å². The summed E-state index contributed by atoms with van der Waals surface area (Å²) in [6.07, 6.45) is 0.459. The Morgan fingerprint density at radius 1 is 1.06 bits per heavy atom. The zero-order chi connectivity index (χ0) is 21.8. The van der Waals surface area contributed by atoms with Gasteiger partial charge in [-0.15, -0.1) is 0 Å². The van der Waals surface area contributed by atoms with Crippen LogP contribution in [0.3, 0.4) is 0 Å². The normalized spacial score (nSPS) is 14.7. The topological polar surface area (TPSA) is 70.7 Å². The number of rotatable bonds is 7. The van der Waals surface area contributed by atoms with Crippen molar-refractivity contribution in [1.82, 2.24) is 10.0 Å². The van der Waals surface area contributed by atoms with Gasteiger partial charge < -0.3 is 15.0 Å². The molecule has 0 atom stereocenters. The van der Waals surface area contributed by atoms with Gasteiger partial charge in [0.05, 0.1) is 17.7 Å². The molecule has 8 heteroatoms. The molecule has 1 fully saturated rings. The van der Waals surface area contributed by atoms with E-state index < -0.39 is 10.0 Å². The number of sulfonamides is 1. The maximum atomic E-state index is 14.0. The number of piperazine rings is 1. The standard InChI is InChI=1S/C23H26FN3O3S/c1-30-23-9-7-18(16-22(23)27-14-12-25-13-15-27)31(28,29)26-11-10-17-6-8-21(24)20-5-3-2-4-19(17)20/h2-9,16,25-26H,10-15H2,1H3. The number of nitrogens with one attached hydrogen (secondary N) is 2. The van der Waals surface area contributed by atoms with E-state index in [9.17, 15) is 12.8 Å². The smallest absolute Gasteiger partial charge is 0.240 e. The summed E-state index contributed by atoms with van der Waals surface area (Å²) in [6, 6.07) is 15.3. The first-order valence-electron chi connectivity index (χ1n) is 10.3. The minimum atomic E-state index is -3.70. The average molecular weight is 444 g/mol. The van der Waals surface area contributed by atoms with E-state index in [1.807, 2.05) is 12.1 Å². The monoisotopic (exact) mass is 443 g/mol. The molecule has 0 bridgehead atoms. The van der Waals surface area contributed by atoms with Crippen LogP contribution in [-0.2, 0) is 16.4 Å². The first kappa shape index (κ1) is 21.5. The number of hydrogen-bond donors (Lipinski definition) is 2. The predicted octanol–water partition coefficient (Wildman–Crippen LogP) is 2.92. The van der Waals surface area contributed by atoms with Crippen LogP contribution in [0.2, 0.25) is 0 Å². The molecule has 31 heavy (non-hydrogen) atoms. The molecular weight excluding hydrogens is 417 g/mol. The molecule has 2 N–H and O–H groups in total. The zero-order valence-electron chi connectivity index (χ0n) is 17.4. The maximum Gasteiger partial charge on any atom is 0.240 e. The summed E-state index contributed by atoms with van der Waals surface area (Å²) in [5.41, 5.74) is 1.67. The van der Waals surface area contributed by atoms with Gasteiger partial charge in [-0.3, -0.25) is 0 Å². The lowest BCUT2D eigenvalue weighted by Crippen LogP contribution is -2.43. The Hall–Kier alpha value is -2.68. The van der Waals surface area contributed by atoms with Crippen molar-refractivity contribution in [3.05, 3.63) is 66.0 Å². The van der Waals surface area contributed by atoms with Crippen LogP contribution in [0.5, 0.6) is 5.75 Å². The molecule has 4 rings (SSSR count). The Morgan fingerprint density at radius 3 is 2.55 bits per heavy atom. The lowest BCUT2D eigenvalue weighted by molar-refractivity contribution is 0.412. The van der Waals surface area contributed by atoms with E-state index in [0.717, 1.165) is 42.8 Å². The molecule has 0 saturated carbocycles. The van der Waals surface area contributed by atoms with E-state index in [0.29, 0.717) is 17.6 Å². The molecule has 0 radical (unpaired) electrons. The summed E-state index contributed by atoms with van der Waals surface area (Å²) in [6.45, 7) is 3.46. The molecule has 1 aliphatic heterocycles. The van der Waals surface area contributed by atoms with Gasteiger partial charge in [0.2, 0.25) is 10.0 Å². The second kappa shape index (κ2) is 9.21. The van der Waals surface area contributed by atoms with E-state index in [2.05, 4.69) is 14.9 Å². The van der Waals surface area contributed by atoms with Crippen molar-refractivity contribution >= 4 is 26.5 Å². The molecular formula is C23H26FN3O3S. The molecule has 1 aliphatic rings. The summed E-state index contributed by atoms with van der Waals surface area (Å²) in [5, 5.41) is 4.63. The van der Waals surface area contributed by atoms with Crippen molar-refractivity contribution in [1.29, 1.82) is 0 Å². The van der Waals surface area contributed by atoms with E-state index in [4.69, 9.17) is 4.74 Å². The number of halogens is 1. The summed E-state index contributed by atoms with van der Waals surface area (Å²) in [7, 11) is -2.12. The van der Waals surface area contributed by atoms with Crippen LogP contribution in [0, 0.1) is 5.82 Å². The van der Waals surface area contributed by atoms with Crippen molar-refractivity contribution in [2.45, 2.75) is 11.3 Å². The van der Waals surface area contributed by atoms with Crippen molar-refractivity contribution in [2.24, 2.45) is 0 Å². The van der Waals surface area contributed by atoms with Gasteiger partial charge in [0.15, 0.2) is 0 Å². The van der Waals surface area contributed by atoms with Gasteiger partial charge in [0.1, 0.15) is 11.6 Å². The van der Waals surface area contributed by atoms with E-state index >= 15 is 0 Å². The molecule has 0 amide bonds. The fourth-order valence-corrected chi connectivity index (χ4v) is 4.99. The third kappa shape index (κ3) is 4.66. The Morgan fingerprint density at radius 2 is 1.81 bits per heavy atom. The summed E-state index contributed by atoms with van der Waals surface area (Å²) in [4.78, 5) is 2.32. The summed E-state index contributed by atoms with van der Waals surface area (Å²) < 4.78 is 48.0. The number of hydrogen-bond acceptors (Lipinski definition) is 5. The minimum Gasteiger partial charge on any atom is -0.495 e. The van der Waals surface area contributed by atoms with E-state index in [-0.39, 0.29) is 17.3 Å². The fraction of sp³-hybridized carbons (Fsp3) is 0.304. The largest absolute Gasteiger partial charge is 0.495 e. The highest BCUT2D eigenvalue weighted by molar-refractivity contribution is 7.89. The van der Waals surface area contributed by atoms with Crippen molar-refractivity contribution in [2.75, 3.05) is 44.7 Å². The molecule has 1 saturated heterocycles. The van der Waals surface area contributed by atoms with Crippen molar-refractivity contribution in [3.8, 4) is 5.75 Å². The number of anilines is 1. The highest BCUT2D eigenvalue weighted by atomic mass is 32.2. The third-order valence-corrected chi connectivity index (χ3v) is 7.02. The van der Waals surface area contributed by atoms with Gasteiger partial charge in [0.25, 0.3) is 0 Å². The quantitative estimate of drug-likeness (QED) is 0.588. The molecule has 0 aliphatic carbocycles. The van der Waals surface area contributed by atoms with E-state index in [1.54, 1.807) is 43.5 Å². The van der Waals surface area contributed by atoms with Crippen LogP contribution in [-0.4, -0.2) is 48.3 Å². The molecule has 3 aromatic carbocycles. The van der Waals surface area contributed by atoms with Gasteiger partial charge in [-0.25, -0.2) is 17.5 Å². The molecule has 0 spiro atoms. The predicted molar refractivity (Wildman–Crippen MR) is 121 cm³/mol. The summed E-state index contributed by atoms with van der Waals surface area (Å²) in [5.74, 6) is 0.372. The second-order valence-corrected chi connectivity index (χ2v) is 9.24. The second-order valence-electron chi connectivity index (χ2n) is 7.47. The molecule has 1 heterocycles. The molecule has 6 nitrogen and oxygen atoms in total. The fourth-order valence-electron chi connectivity index (χ4n) is 3.94. The van der Waals surface area contributed by atoms with E-state index in [1.165, 1.54) is 6.07 Å². The lowest BCUT2D eigenvalue weighted by atomic mass is 10.0. The van der Waals surface area contributed by atoms with Crippen molar-refractivity contribution < 1.29 is 17.5 Å².